The fourth-order valence-electron chi connectivity index (χ4n) is 2.74. The van der Waals surface area contributed by atoms with E-state index in [1.165, 1.54) is 6.92 Å². The summed E-state index contributed by atoms with van der Waals surface area (Å²) in [7, 11) is 0. The molecule has 0 aromatic heterocycles. The van der Waals surface area contributed by atoms with Crippen molar-refractivity contribution in [3.8, 4) is 0 Å². The second kappa shape index (κ2) is 9.35. The first kappa shape index (κ1) is 20.9. The maximum absolute atomic E-state index is 14.8. The fourth-order valence-corrected chi connectivity index (χ4v) is 2.74. The largest absolute Gasteiger partial charge is 0.481 e. The minimum atomic E-state index is -1.65. The summed E-state index contributed by atoms with van der Waals surface area (Å²) >= 11 is 0. The first-order valence-corrected chi connectivity index (χ1v) is 8.38. The maximum Gasteiger partial charge on any atom is 0.313 e. The van der Waals surface area contributed by atoms with E-state index in [2.05, 4.69) is 6.58 Å². The highest BCUT2D eigenvalue weighted by Crippen LogP contribution is 2.31. The molecule has 0 amide bonds. The zero-order valence-corrected chi connectivity index (χ0v) is 15.1. The van der Waals surface area contributed by atoms with E-state index >= 15 is 0 Å². The molecule has 5 heteroatoms. The predicted octanol–water partition coefficient (Wildman–Crippen LogP) is 4.19. The molecule has 0 heterocycles. The van der Waals surface area contributed by atoms with Crippen molar-refractivity contribution in [1.29, 1.82) is 0 Å². The van der Waals surface area contributed by atoms with Gasteiger partial charge in [-0.3, -0.25) is 9.59 Å². The molecular formula is C20H27FO4. The summed E-state index contributed by atoms with van der Waals surface area (Å²) in [5.41, 5.74) is 0.429. The van der Waals surface area contributed by atoms with Crippen LogP contribution in [-0.2, 0) is 20.7 Å². The van der Waals surface area contributed by atoms with Crippen molar-refractivity contribution in [1.82, 2.24) is 0 Å². The summed E-state index contributed by atoms with van der Waals surface area (Å²) in [5.74, 6) is -3.32. The van der Waals surface area contributed by atoms with E-state index in [0.29, 0.717) is 6.42 Å². The van der Waals surface area contributed by atoms with Crippen molar-refractivity contribution in [3.63, 3.8) is 0 Å². The van der Waals surface area contributed by atoms with Crippen molar-refractivity contribution in [2.45, 2.75) is 52.3 Å². The summed E-state index contributed by atoms with van der Waals surface area (Å²) in [6.07, 6.45) is -0.327. The molecule has 0 aliphatic rings. The number of carboxylic acids is 1. The number of carbonyl (C=O) groups is 2. The van der Waals surface area contributed by atoms with Crippen LogP contribution in [0.2, 0.25) is 0 Å². The molecule has 138 valence electrons. The van der Waals surface area contributed by atoms with Gasteiger partial charge in [-0.25, -0.2) is 4.39 Å². The van der Waals surface area contributed by atoms with Gasteiger partial charge in [0.1, 0.15) is 18.2 Å². The van der Waals surface area contributed by atoms with Gasteiger partial charge in [0.25, 0.3) is 0 Å². The van der Waals surface area contributed by atoms with Crippen LogP contribution in [0.3, 0.4) is 0 Å². The summed E-state index contributed by atoms with van der Waals surface area (Å²) in [6, 6.07) is 9.41. The molecule has 0 radical (unpaired) electrons. The number of alkyl halides is 1. The Morgan fingerprint density at radius 2 is 1.92 bits per heavy atom. The third-order valence-corrected chi connectivity index (χ3v) is 4.23. The van der Waals surface area contributed by atoms with Crippen LogP contribution in [-0.4, -0.2) is 29.3 Å². The van der Waals surface area contributed by atoms with E-state index in [0.717, 1.165) is 5.56 Å². The van der Waals surface area contributed by atoms with Crippen LogP contribution in [0.4, 0.5) is 4.39 Å². The molecule has 3 unspecified atom stereocenters. The zero-order chi connectivity index (χ0) is 19.0. The van der Waals surface area contributed by atoms with Crippen molar-refractivity contribution in [2.24, 2.45) is 11.3 Å². The summed E-state index contributed by atoms with van der Waals surface area (Å²) < 4.78 is 20.0. The van der Waals surface area contributed by atoms with Crippen LogP contribution >= 0.6 is 0 Å². The van der Waals surface area contributed by atoms with Crippen molar-refractivity contribution >= 4 is 11.9 Å². The normalized spacial score (nSPS) is 15.0. The van der Waals surface area contributed by atoms with Crippen LogP contribution in [0, 0.1) is 11.3 Å². The Morgan fingerprint density at radius 1 is 1.32 bits per heavy atom. The highest BCUT2D eigenvalue weighted by molar-refractivity contribution is 5.73. The highest BCUT2D eigenvalue weighted by Gasteiger charge is 2.39. The molecule has 0 aliphatic heterocycles. The monoisotopic (exact) mass is 350 g/mol. The summed E-state index contributed by atoms with van der Waals surface area (Å²) in [4.78, 5) is 23.1. The number of ether oxygens (including phenoxy) is 1. The number of hydrogen-bond donors (Lipinski definition) is 1. The molecule has 3 atom stereocenters. The second-order valence-electron chi connectivity index (χ2n) is 6.95. The van der Waals surface area contributed by atoms with Crippen LogP contribution < -0.4 is 0 Å². The standard InChI is InChI=1S/C20H27FO4/c1-5-20(3,4)13-16(21)18(19(23)24)17(25-14(2)22)12-11-15-9-7-6-8-10-15/h5-10,16-18H,1,11-13H2,2-4H3,(H,23,24). The molecule has 0 spiro atoms. The van der Waals surface area contributed by atoms with E-state index < -0.39 is 35.5 Å². The van der Waals surface area contributed by atoms with Gasteiger partial charge < -0.3 is 9.84 Å². The zero-order valence-electron chi connectivity index (χ0n) is 15.1. The minimum absolute atomic E-state index is 0.00340. The first-order valence-electron chi connectivity index (χ1n) is 8.38. The third kappa shape index (κ3) is 7.08. The van der Waals surface area contributed by atoms with Gasteiger partial charge in [0, 0.05) is 6.92 Å². The van der Waals surface area contributed by atoms with E-state index in [1.54, 1.807) is 19.9 Å². The Bertz CT molecular complexity index is 583. The lowest BCUT2D eigenvalue weighted by Gasteiger charge is -2.30. The van der Waals surface area contributed by atoms with E-state index in [4.69, 9.17) is 4.74 Å². The summed E-state index contributed by atoms with van der Waals surface area (Å²) in [5, 5.41) is 9.54. The number of carboxylic acid groups (broad SMARTS) is 1. The molecule has 0 bridgehead atoms. The molecule has 1 aromatic carbocycles. The Kier molecular flexibility index (Phi) is 7.81. The maximum atomic E-state index is 14.8. The molecule has 0 aliphatic carbocycles. The predicted molar refractivity (Wildman–Crippen MR) is 94.9 cm³/mol. The lowest BCUT2D eigenvalue weighted by molar-refractivity contribution is -0.161. The topological polar surface area (TPSA) is 63.6 Å². The van der Waals surface area contributed by atoms with E-state index in [-0.39, 0.29) is 12.8 Å². The van der Waals surface area contributed by atoms with Gasteiger partial charge in [0.15, 0.2) is 0 Å². The molecule has 1 N–H and O–H groups in total. The number of hydrogen-bond acceptors (Lipinski definition) is 3. The SMILES string of the molecule is C=CC(C)(C)CC(F)C(C(=O)O)C(CCc1ccccc1)OC(C)=O. The average molecular weight is 350 g/mol. The van der Waals surface area contributed by atoms with Gasteiger partial charge in [0.05, 0.1) is 0 Å². The van der Waals surface area contributed by atoms with Gasteiger partial charge in [-0.15, -0.1) is 6.58 Å². The number of esters is 1. The van der Waals surface area contributed by atoms with Gasteiger partial charge in [-0.05, 0) is 30.2 Å². The van der Waals surface area contributed by atoms with Crippen molar-refractivity contribution < 1.29 is 23.8 Å². The number of rotatable bonds is 10. The summed E-state index contributed by atoms with van der Waals surface area (Å²) in [6.45, 7) is 8.44. The lowest BCUT2D eigenvalue weighted by atomic mass is 9.81. The van der Waals surface area contributed by atoms with Crippen LogP contribution in [0.15, 0.2) is 43.0 Å². The molecule has 1 aromatic rings. The number of carbonyl (C=O) groups excluding carboxylic acids is 1. The Morgan fingerprint density at radius 3 is 2.40 bits per heavy atom. The molecule has 0 fully saturated rings. The number of aryl methyl sites for hydroxylation is 1. The number of benzene rings is 1. The smallest absolute Gasteiger partial charge is 0.313 e. The van der Waals surface area contributed by atoms with Crippen LogP contribution in [0.25, 0.3) is 0 Å². The number of halogens is 1. The minimum Gasteiger partial charge on any atom is -0.481 e. The van der Waals surface area contributed by atoms with Gasteiger partial charge in [-0.1, -0.05) is 50.3 Å². The number of aliphatic carboxylic acids is 1. The van der Waals surface area contributed by atoms with E-state index in [9.17, 15) is 19.1 Å². The Hall–Kier alpha value is -2.17. The lowest BCUT2D eigenvalue weighted by Crippen LogP contribution is -2.40. The molecule has 0 saturated carbocycles. The van der Waals surface area contributed by atoms with Crippen molar-refractivity contribution in [2.75, 3.05) is 0 Å². The molecule has 1 rings (SSSR count). The van der Waals surface area contributed by atoms with Crippen molar-refractivity contribution in [3.05, 3.63) is 48.6 Å². The van der Waals surface area contributed by atoms with Gasteiger partial charge >= 0.3 is 11.9 Å². The fraction of sp³-hybridized carbons (Fsp3) is 0.500. The molecule has 0 saturated heterocycles. The molecule has 4 nitrogen and oxygen atoms in total. The third-order valence-electron chi connectivity index (χ3n) is 4.23. The quantitative estimate of drug-likeness (QED) is 0.507. The number of allylic oxidation sites excluding steroid dienone is 1. The Labute approximate surface area is 148 Å². The van der Waals surface area contributed by atoms with E-state index in [1.807, 2.05) is 30.3 Å². The average Bonchev–Trinajstić information content (AvgIpc) is 2.52. The highest BCUT2D eigenvalue weighted by atomic mass is 19.1. The van der Waals surface area contributed by atoms with Crippen LogP contribution in [0.1, 0.15) is 39.2 Å². The Balaban J connectivity index is 2.95. The second-order valence-corrected chi connectivity index (χ2v) is 6.95. The first-order chi connectivity index (χ1) is 11.7. The van der Waals surface area contributed by atoms with Crippen LogP contribution in [0.5, 0.6) is 0 Å². The molecular weight excluding hydrogens is 323 g/mol. The van der Waals surface area contributed by atoms with Gasteiger partial charge in [0.2, 0.25) is 0 Å². The molecule has 25 heavy (non-hydrogen) atoms. The van der Waals surface area contributed by atoms with Gasteiger partial charge in [-0.2, -0.15) is 0 Å².